The molecule has 0 aliphatic heterocycles. The van der Waals surface area contributed by atoms with Crippen molar-refractivity contribution in [2.45, 2.75) is 33.2 Å². The molecule has 0 heterocycles. The third kappa shape index (κ3) is 4.84. The second-order valence-electron chi connectivity index (χ2n) is 5.70. The number of carbonyl (C=O) groups is 2. The normalized spacial score (nSPS) is 10.2. The maximum Gasteiger partial charge on any atom is 0.255 e. The van der Waals surface area contributed by atoms with E-state index in [1.807, 2.05) is 38.1 Å². The molecule has 0 radical (unpaired) electrons. The van der Waals surface area contributed by atoms with Crippen LogP contribution in [-0.4, -0.2) is 16.9 Å². The highest BCUT2D eigenvalue weighted by atomic mass is 16.3. The highest BCUT2D eigenvalue weighted by Crippen LogP contribution is 2.18. The standard InChI is InChI=1S/C19H22N2O3/c1-3-5-18(23)21-15-7-4-6-14(11-15)12-20-19(24)16-10-13(2)8-9-17(16)22/h4,6-11,22H,3,5,12H2,1-2H3,(H,20,24)(H,21,23). The van der Waals surface area contributed by atoms with Gasteiger partial charge in [0.05, 0.1) is 5.56 Å². The molecule has 5 nitrogen and oxygen atoms in total. The van der Waals surface area contributed by atoms with Crippen molar-refractivity contribution < 1.29 is 14.7 Å². The number of phenolic OH excluding ortho intramolecular Hbond substituents is 1. The van der Waals surface area contributed by atoms with E-state index in [4.69, 9.17) is 0 Å². The van der Waals surface area contributed by atoms with Crippen molar-refractivity contribution in [3.05, 3.63) is 59.2 Å². The van der Waals surface area contributed by atoms with Crippen LogP contribution in [0.25, 0.3) is 0 Å². The maximum absolute atomic E-state index is 12.2. The number of phenols is 1. The third-order valence-corrected chi connectivity index (χ3v) is 3.54. The van der Waals surface area contributed by atoms with Crippen molar-refractivity contribution in [3.8, 4) is 5.75 Å². The lowest BCUT2D eigenvalue weighted by molar-refractivity contribution is -0.116. The van der Waals surface area contributed by atoms with Crippen LogP contribution in [0.3, 0.4) is 0 Å². The monoisotopic (exact) mass is 326 g/mol. The molecule has 0 saturated heterocycles. The van der Waals surface area contributed by atoms with Gasteiger partial charge < -0.3 is 15.7 Å². The Kier molecular flexibility index (Phi) is 5.95. The predicted octanol–water partition coefficient (Wildman–Crippen LogP) is 3.37. The molecule has 0 fully saturated rings. The van der Waals surface area contributed by atoms with Crippen LogP contribution in [0, 0.1) is 6.92 Å². The molecule has 5 heteroatoms. The van der Waals surface area contributed by atoms with Crippen molar-refractivity contribution in [1.29, 1.82) is 0 Å². The van der Waals surface area contributed by atoms with E-state index in [0.717, 1.165) is 17.5 Å². The highest BCUT2D eigenvalue weighted by Gasteiger charge is 2.11. The Morgan fingerprint density at radius 2 is 1.92 bits per heavy atom. The fourth-order valence-electron chi connectivity index (χ4n) is 2.32. The summed E-state index contributed by atoms with van der Waals surface area (Å²) >= 11 is 0. The van der Waals surface area contributed by atoms with Crippen LogP contribution in [0.5, 0.6) is 5.75 Å². The molecule has 2 aromatic rings. The van der Waals surface area contributed by atoms with E-state index < -0.39 is 0 Å². The van der Waals surface area contributed by atoms with E-state index in [1.54, 1.807) is 12.1 Å². The Balaban J connectivity index is 2.00. The lowest BCUT2D eigenvalue weighted by Crippen LogP contribution is -2.23. The number of aromatic hydroxyl groups is 1. The Labute approximate surface area is 141 Å². The molecular formula is C19H22N2O3. The van der Waals surface area contributed by atoms with E-state index >= 15 is 0 Å². The number of aryl methyl sites for hydroxylation is 1. The largest absolute Gasteiger partial charge is 0.507 e. The molecule has 0 atom stereocenters. The van der Waals surface area contributed by atoms with Gasteiger partial charge in [0, 0.05) is 18.7 Å². The Bertz CT molecular complexity index is 741. The number of nitrogens with one attached hydrogen (secondary N) is 2. The van der Waals surface area contributed by atoms with Crippen LogP contribution >= 0.6 is 0 Å². The summed E-state index contributed by atoms with van der Waals surface area (Å²) in [5, 5.41) is 15.4. The van der Waals surface area contributed by atoms with Gasteiger partial charge >= 0.3 is 0 Å². The number of amides is 2. The average Bonchev–Trinajstić information content (AvgIpc) is 2.55. The molecule has 0 unspecified atom stereocenters. The predicted molar refractivity (Wildman–Crippen MR) is 94.0 cm³/mol. The van der Waals surface area contributed by atoms with Crippen molar-refractivity contribution in [2.24, 2.45) is 0 Å². The number of benzene rings is 2. The van der Waals surface area contributed by atoms with Gasteiger partial charge in [-0.25, -0.2) is 0 Å². The summed E-state index contributed by atoms with van der Waals surface area (Å²) in [6.07, 6.45) is 1.27. The maximum atomic E-state index is 12.2. The van der Waals surface area contributed by atoms with Gasteiger partial charge in [-0.05, 0) is 43.2 Å². The van der Waals surface area contributed by atoms with Crippen molar-refractivity contribution in [3.63, 3.8) is 0 Å². The number of carbonyl (C=O) groups excluding carboxylic acids is 2. The SMILES string of the molecule is CCCC(=O)Nc1cccc(CNC(=O)c2cc(C)ccc2O)c1. The van der Waals surface area contributed by atoms with Gasteiger partial charge in [-0.1, -0.05) is 30.7 Å². The number of rotatable bonds is 6. The van der Waals surface area contributed by atoms with Crippen LogP contribution < -0.4 is 10.6 Å². The van der Waals surface area contributed by atoms with Crippen molar-refractivity contribution in [2.75, 3.05) is 5.32 Å². The molecule has 126 valence electrons. The smallest absolute Gasteiger partial charge is 0.255 e. The Hall–Kier alpha value is -2.82. The first-order valence-electron chi connectivity index (χ1n) is 7.96. The number of anilines is 1. The minimum Gasteiger partial charge on any atom is -0.507 e. The fraction of sp³-hybridized carbons (Fsp3) is 0.263. The van der Waals surface area contributed by atoms with Gasteiger partial charge in [-0.2, -0.15) is 0 Å². The highest BCUT2D eigenvalue weighted by molar-refractivity contribution is 5.97. The second-order valence-corrected chi connectivity index (χ2v) is 5.70. The fourth-order valence-corrected chi connectivity index (χ4v) is 2.32. The molecule has 2 amide bonds. The zero-order chi connectivity index (χ0) is 17.5. The van der Waals surface area contributed by atoms with Gasteiger partial charge in [0.1, 0.15) is 5.75 Å². The second kappa shape index (κ2) is 8.15. The molecule has 0 aliphatic carbocycles. The van der Waals surface area contributed by atoms with Gasteiger partial charge in [-0.3, -0.25) is 9.59 Å². The lowest BCUT2D eigenvalue weighted by Gasteiger charge is -2.10. The minimum atomic E-state index is -0.336. The molecule has 0 aromatic heterocycles. The topological polar surface area (TPSA) is 78.4 Å². The van der Waals surface area contributed by atoms with Crippen LogP contribution in [0.2, 0.25) is 0 Å². The van der Waals surface area contributed by atoms with Crippen LogP contribution in [0.15, 0.2) is 42.5 Å². The molecule has 0 spiro atoms. The van der Waals surface area contributed by atoms with Crippen molar-refractivity contribution >= 4 is 17.5 Å². The van der Waals surface area contributed by atoms with Crippen LogP contribution in [0.1, 0.15) is 41.3 Å². The zero-order valence-corrected chi connectivity index (χ0v) is 13.9. The summed E-state index contributed by atoms with van der Waals surface area (Å²) in [6, 6.07) is 12.2. The summed E-state index contributed by atoms with van der Waals surface area (Å²) in [5.41, 5.74) is 2.73. The van der Waals surface area contributed by atoms with E-state index in [2.05, 4.69) is 10.6 Å². The average molecular weight is 326 g/mol. The van der Waals surface area contributed by atoms with Gasteiger partial charge in [-0.15, -0.1) is 0 Å². The first-order valence-corrected chi connectivity index (χ1v) is 7.96. The summed E-state index contributed by atoms with van der Waals surface area (Å²) in [5.74, 6) is -0.404. The third-order valence-electron chi connectivity index (χ3n) is 3.54. The van der Waals surface area contributed by atoms with Crippen LogP contribution in [0.4, 0.5) is 5.69 Å². The summed E-state index contributed by atoms with van der Waals surface area (Å²) in [4.78, 5) is 23.8. The molecule has 0 saturated carbocycles. The van der Waals surface area contributed by atoms with E-state index in [1.165, 1.54) is 6.07 Å². The first kappa shape index (κ1) is 17.5. The molecule has 2 rings (SSSR count). The zero-order valence-electron chi connectivity index (χ0n) is 13.9. The Morgan fingerprint density at radius 3 is 2.67 bits per heavy atom. The summed E-state index contributed by atoms with van der Waals surface area (Å²) in [7, 11) is 0. The minimum absolute atomic E-state index is 0.0247. The van der Waals surface area contributed by atoms with E-state index in [0.29, 0.717) is 18.7 Å². The van der Waals surface area contributed by atoms with E-state index in [-0.39, 0.29) is 23.1 Å². The first-order chi connectivity index (χ1) is 11.5. The molecule has 24 heavy (non-hydrogen) atoms. The molecular weight excluding hydrogens is 304 g/mol. The molecule has 0 aliphatic rings. The number of hydrogen-bond acceptors (Lipinski definition) is 3. The molecule has 2 aromatic carbocycles. The van der Waals surface area contributed by atoms with Gasteiger partial charge in [0.2, 0.25) is 5.91 Å². The molecule has 0 bridgehead atoms. The lowest BCUT2D eigenvalue weighted by atomic mass is 10.1. The Morgan fingerprint density at radius 1 is 1.12 bits per heavy atom. The number of hydrogen-bond donors (Lipinski definition) is 3. The quantitative estimate of drug-likeness (QED) is 0.761. The van der Waals surface area contributed by atoms with Crippen LogP contribution in [-0.2, 0) is 11.3 Å². The van der Waals surface area contributed by atoms with Crippen molar-refractivity contribution in [1.82, 2.24) is 5.32 Å². The molecule has 3 N–H and O–H groups in total. The van der Waals surface area contributed by atoms with Gasteiger partial charge in [0.25, 0.3) is 5.91 Å². The van der Waals surface area contributed by atoms with E-state index in [9.17, 15) is 14.7 Å². The van der Waals surface area contributed by atoms with Gasteiger partial charge in [0.15, 0.2) is 0 Å². The summed E-state index contributed by atoms with van der Waals surface area (Å²) < 4.78 is 0. The summed E-state index contributed by atoms with van der Waals surface area (Å²) in [6.45, 7) is 4.12.